The van der Waals surface area contributed by atoms with Gasteiger partial charge in [0.2, 0.25) is 0 Å². The van der Waals surface area contributed by atoms with Crippen LogP contribution < -0.4 is 4.74 Å². The predicted octanol–water partition coefficient (Wildman–Crippen LogP) is 5.15. The number of aryl methyl sites for hydroxylation is 1. The Bertz CT molecular complexity index is 1000. The first-order chi connectivity index (χ1) is 15.0. The van der Waals surface area contributed by atoms with Crippen LogP contribution in [0.1, 0.15) is 61.8 Å². The number of nitrogens with zero attached hydrogens (tertiary/aromatic N) is 1. The van der Waals surface area contributed by atoms with Gasteiger partial charge >= 0.3 is 0 Å². The number of Topliss-reactive ketones (excluding diaryl/α,β-unsaturated/α-hetero) is 1. The van der Waals surface area contributed by atoms with E-state index in [1.807, 2.05) is 50.2 Å². The molecule has 1 unspecified atom stereocenters. The summed E-state index contributed by atoms with van der Waals surface area (Å²) in [5.41, 5.74) is 2.54. The van der Waals surface area contributed by atoms with E-state index in [1.54, 1.807) is 17.0 Å². The summed E-state index contributed by atoms with van der Waals surface area (Å²) in [4.78, 5) is 28.1. The van der Waals surface area contributed by atoms with Crippen molar-refractivity contribution in [3.05, 3.63) is 70.8 Å². The number of carbonyl (C=O) groups excluding carboxylic acids is 2. The number of aliphatic hydroxyl groups is 1. The van der Waals surface area contributed by atoms with Crippen LogP contribution in [0, 0.1) is 6.92 Å². The number of ketones is 1. The SMILES string of the molecule is CCOc1cccc(C2/C(=C(/O)c3ccc(C)cc3)C(=O)C(=O)N2C2CCCCC2)c1. The fourth-order valence-corrected chi connectivity index (χ4v) is 4.72. The summed E-state index contributed by atoms with van der Waals surface area (Å²) in [7, 11) is 0. The van der Waals surface area contributed by atoms with Crippen molar-refractivity contribution in [2.24, 2.45) is 0 Å². The average Bonchev–Trinajstić information content (AvgIpc) is 3.05. The molecule has 5 heteroatoms. The molecule has 1 atom stereocenters. The molecule has 0 spiro atoms. The van der Waals surface area contributed by atoms with E-state index in [9.17, 15) is 14.7 Å². The molecule has 2 fully saturated rings. The van der Waals surface area contributed by atoms with Gasteiger partial charge in [0.05, 0.1) is 18.2 Å². The van der Waals surface area contributed by atoms with Crippen molar-refractivity contribution in [2.45, 2.75) is 58.0 Å². The van der Waals surface area contributed by atoms with Crippen molar-refractivity contribution in [3.8, 4) is 5.75 Å². The van der Waals surface area contributed by atoms with Crippen molar-refractivity contribution >= 4 is 17.4 Å². The van der Waals surface area contributed by atoms with E-state index in [1.165, 1.54) is 0 Å². The highest BCUT2D eigenvalue weighted by atomic mass is 16.5. The fourth-order valence-electron chi connectivity index (χ4n) is 4.72. The van der Waals surface area contributed by atoms with Gasteiger partial charge in [0, 0.05) is 11.6 Å². The van der Waals surface area contributed by atoms with E-state index in [2.05, 4.69) is 0 Å². The van der Waals surface area contributed by atoms with Gasteiger partial charge in [-0.3, -0.25) is 9.59 Å². The molecule has 162 valence electrons. The predicted molar refractivity (Wildman–Crippen MR) is 120 cm³/mol. The zero-order valence-electron chi connectivity index (χ0n) is 18.1. The normalized spacial score (nSPS) is 21.5. The lowest BCUT2D eigenvalue weighted by Gasteiger charge is -2.35. The Hall–Kier alpha value is -3.08. The number of hydrogen-bond donors (Lipinski definition) is 1. The van der Waals surface area contributed by atoms with Crippen molar-refractivity contribution < 1.29 is 19.4 Å². The van der Waals surface area contributed by atoms with Gasteiger partial charge in [-0.05, 0) is 44.4 Å². The molecular formula is C26H29NO4. The van der Waals surface area contributed by atoms with Crippen molar-refractivity contribution in [1.82, 2.24) is 4.90 Å². The Balaban J connectivity index is 1.86. The lowest BCUT2D eigenvalue weighted by Crippen LogP contribution is -2.40. The first-order valence-electron chi connectivity index (χ1n) is 11.1. The van der Waals surface area contributed by atoms with E-state index in [0.29, 0.717) is 17.9 Å². The van der Waals surface area contributed by atoms with Crippen LogP contribution in [-0.2, 0) is 9.59 Å². The Morgan fingerprint density at radius 1 is 1.06 bits per heavy atom. The summed E-state index contributed by atoms with van der Waals surface area (Å²) in [6.07, 6.45) is 4.97. The van der Waals surface area contributed by atoms with Crippen LogP contribution in [0.15, 0.2) is 54.1 Å². The molecule has 31 heavy (non-hydrogen) atoms. The zero-order valence-corrected chi connectivity index (χ0v) is 18.1. The summed E-state index contributed by atoms with van der Waals surface area (Å²) in [5.74, 6) is -0.573. The quantitative estimate of drug-likeness (QED) is 0.414. The number of hydrogen-bond acceptors (Lipinski definition) is 4. The maximum Gasteiger partial charge on any atom is 0.295 e. The van der Waals surface area contributed by atoms with Gasteiger partial charge in [-0.2, -0.15) is 0 Å². The summed E-state index contributed by atoms with van der Waals surface area (Å²) in [6.45, 7) is 4.40. The third-order valence-electron chi connectivity index (χ3n) is 6.26. The first-order valence-corrected chi connectivity index (χ1v) is 11.1. The minimum Gasteiger partial charge on any atom is -0.507 e. The molecular weight excluding hydrogens is 390 g/mol. The second-order valence-corrected chi connectivity index (χ2v) is 8.37. The molecule has 1 amide bonds. The number of benzene rings is 2. The van der Waals surface area contributed by atoms with Gasteiger partial charge in [-0.15, -0.1) is 0 Å². The molecule has 1 aliphatic carbocycles. The summed E-state index contributed by atoms with van der Waals surface area (Å²) in [6, 6.07) is 14.2. The van der Waals surface area contributed by atoms with Gasteiger partial charge in [0.25, 0.3) is 11.7 Å². The molecule has 1 saturated heterocycles. The van der Waals surface area contributed by atoms with Gasteiger partial charge in [0.1, 0.15) is 11.5 Å². The monoisotopic (exact) mass is 419 g/mol. The van der Waals surface area contributed by atoms with Gasteiger partial charge in [-0.25, -0.2) is 0 Å². The summed E-state index contributed by atoms with van der Waals surface area (Å²) in [5, 5.41) is 11.2. The number of likely N-dealkylation sites (tertiary alicyclic amines) is 1. The van der Waals surface area contributed by atoms with Gasteiger partial charge in [0.15, 0.2) is 0 Å². The highest BCUT2D eigenvalue weighted by Crippen LogP contribution is 2.43. The number of ether oxygens (including phenoxy) is 1. The Labute approximate surface area is 183 Å². The number of carbonyl (C=O) groups is 2. The molecule has 2 aromatic carbocycles. The van der Waals surface area contributed by atoms with Gasteiger partial charge in [-0.1, -0.05) is 61.2 Å². The Morgan fingerprint density at radius 2 is 1.77 bits per heavy atom. The van der Waals surface area contributed by atoms with Crippen LogP contribution in [0.5, 0.6) is 5.75 Å². The lowest BCUT2D eigenvalue weighted by molar-refractivity contribution is -0.141. The molecule has 1 N–H and O–H groups in total. The second-order valence-electron chi connectivity index (χ2n) is 8.37. The summed E-state index contributed by atoms with van der Waals surface area (Å²) >= 11 is 0. The van der Waals surface area contributed by atoms with Crippen LogP contribution in [0.25, 0.3) is 5.76 Å². The first kappa shape index (κ1) is 21.2. The molecule has 1 aliphatic heterocycles. The standard InChI is InChI=1S/C26H29NO4/c1-3-31-21-11-7-8-19(16-21)23-22(24(28)18-14-12-17(2)13-15-18)25(29)26(30)27(23)20-9-5-4-6-10-20/h7-8,11-16,20,23,28H,3-6,9-10H2,1-2H3/b24-22-. The van der Waals surface area contributed by atoms with E-state index in [0.717, 1.165) is 43.2 Å². The molecule has 0 bridgehead atoms. The Morgan fingerprint density at radius 3 is 2.45 bits per heavy atom. The van der Waals surface area contributed by atoms with E-state index < -0.39 is 17.7 Å². The maximum atomic E-state index is 13.2. The molecule has 2 aromatic rings. The minimum atomic E-state index is -0.621. The molecule has 0 aromatic heterocycles. The second kappa shape index (κ2) is 8.96. The zero-order chi connectivity index (χ0) is 22.0. The van der Waals surface area contributed by atoms with Crippen LogP contribution in [0.3, 0.4) is 0 Å². The van der Waals surface area contributed by atoms with Gasteiger partial charge < -0.3 is 14.7 Å². The molecule has 2 aliphatic rings. The fraction of sp³-hybridized carbons (Fsp3) is 0.385. The van der Waals surface area contributed by atoms with Crippen molar-refractivity contribution in [3.63, 3.8) is 0 Å². The highest BCUT2D eigenvalue weighted by Gasteiger charge is 2.48. The summed E-state index contributed by atoms with van der Waals surface area (Å²) < 4.78 is 5.67. The van der Waals surface area contributed by atoms with Crippen LogP contribution in [-0.4, -0.2) is 34.3 Å². The molecule has 5 nitrogen and oxygen atoms in total. The van der Waals surface area contributed by atoms with Crippen LogP contribution in [0.4, 0.5) is 0 Å². The lowest BCUT2D eigenvalue weighted by atomic mass is 9.91. The Kier molecular flexibility index (Phi) is 6.12. The number of rotatable bonds is 5. The van der Waals surface area contributed by atoms with E-state index in [-0.39, 0.29) is 17.4 Å². The molecule has 4 rings (SSSR count). The van der Waals surface area contributed by atoms with E-state index >= 15 is 0 Å². The van der Waals surface area contributed by atoms with E-state index in [4.69, 9.17) is 4.74 Å². The highest BCUT2D eigenvalue weighted by molar-refractivity contribution is 6.46. The largest absolute Gasteiger partial charge is 0.507 e. The molecule has 1 saturated carbocycles. The van der Waals surface area contributed by atoms with Crippen molar-refractivity contribution in [2.75, 3.05) is 6.61 Å². The third kappa shape index (κ3) is 4.09. The smallest absolute Gasteiger partial charge is 0.295 e. The van der Waals surface area contributed by atoms with Crippen LogP contribution in [0.2, 0.25) is 0 Å². The van der Waals surface area contributed by atoms with Crippen molar-refractivity contribution in [1.29, 1.82) is 0 Å². The third-order valence-corrected chi connectivity index (χ3v) is 6.26. The average molecular weight is 420 g/mol. The number of aliphatic hydroxyl groups excluding tert-OH is 1. The van der Waals surface area contributed by atoms with Crippen LogP contribution >= 0.6 is 0 Å². The molecule has 1 heterocycles. The molecule has 0 radical (unpaired) electrons. The maximum absolute atomic E-state index is 13.2. The topological polar surface area (TPSA) is 66.8 Å². The number of amides is 1. The minimum absolute atomic E-state index is 0.00531.